The Morgan fingerprint density at radius 3 is 2.29 bits per heavy atom. The first-order valence-electron chi connectivity index (χ1n) is 5.69. The van der Waals surface area contributed by atoms with Gasteiger partial charge in [-0.1, -0.05) is 39.0 Å². The highest BCUT2D eigenvalue weighted by Crippen LogP contribution is 2.37. The highest BCUT2D eigenvalue weighted by atomic mass is 29.2. The molecule has 0 saturated heterocycles. The monoisotopic (exact) mass is 230 g/mol. The third kappa shape index (κ3) is 2.61. The third-order valence-electron chi connectivity index (χ3n) is 3.96. The fourth-order valence-electron chi connectivity index (χ4n) is 2.41. The van der Waals surface area contributed by atoms with Gasteiger partial charge < -0.3 is 9.26 Å². The van der Waals surface area contributed by atoms with E-state index in [4.69, 9.17) is 0 Å². The van der Waals surface area contributed by atoms with E-state index in [1.54, 1.807) is 6.55 Å². The molecule has 0 spiro atoms. The van der Waals surface area contributed by atoms with E-state index in [0.717, 1.165) is 0 Å². The maximum Gasteiger partial charge on any atom is 0.286 e. The lowest BCUT2D eigenvalue weighted by atomic mass is 9.87. The van der Waals surface area contributed by atoms with Crippen LogP contribution in [0.15, 0.2) is 0 Å². The van der Waals surface area contributed by atoms with Crippen LogP contribution in [-0.2, 0) is 4.46 Å². The van der Waals surface area contributed by atoms with E-state index < -0.39 is 16.0 Å². The average Bonchev–Trinajstić information content (AvgIpc) is 2.17. The molecule has 1 N–H and O–H groups in total. The van der Waals surface area contributed by atoms with Gasteiger partial charge in [0, 0.05) is 0 Å². The van der Waals surface area contributed by atoms with Gasteiger partial charge in [-0.15, -0.1) is 0 Å². The first-order chi connectivity index (χ1) is 6.46. The van der Waals surface area contributed by atoms with Crippen molar-refractivity contribution in [1.82, 2.24) is 0 Å². The number of hydrogen-bond acceptors (Lipinski definition) is 2. The predicted octanol–water partition coefficient (Wildman–Crippen LogP) is 2.65. The van der Waals surface area contributed by atoms with Gasteiger partial charge >= 0.3 is 0 Å². The van der Waals surface area contributed by atoms with Crippen molar-refractivity contribution in [2.24, 2.45) is 5.92 Å². The first-order valence-corrected chi connectivity index (χ1v) is 11.1. The van der Waals surface area contributed by atoms with Gasteiger partial charge in [-0.05, 0) is 24.6 Å². The second-order valence-electron chi connectivity index (χ2n) is 4.89. The Morgan fingerprint density at radius 2 is 1.86 bits per heavy atom. The van der Waals surface area contributed by atoms with Gasteiger partial charge in [0.15, 0.2) is 0 Å². The Balaban J connectivity index is 2.62. The zero-order chi connectivity index (χ0) is 10.8. The zero-order valence-corrected chi connectivity index (χ0v) is 11.5. The Kier molecular flexibility index (Phi) is 4.21. The molecule has 1 aliphatic carbocycles. The Labute approximate surface area is 89.3 Å². The van der Waals surface area contributed by atoms with Gasteiger partial charge in [-0.25, -0.2) is 0 Å². The largest absolute Gasteiger partial charge is 0.428 e. The smallest absolute Gasteiger partial charge is 0.286 e. The van der Waals surface area contributed by atoms with Crippen molar-refractivity contribution >= 4 is 16.0 Å². The summed E-state index contributed by atoms with van der Waals surface area (Å²) in [6, 6.07) is 0. The van der Waals surface area contributed by atoms with Crippen molar-refractivity contribution in [2.75, 3.05) is 0 Å². The molecule has 1 aliphatic rings. The molecule has 14 heavy (non-hydrogen) atoms. The summed E-state index contributed by atoms with van der Waals surface area (Å²) < 4.78 is 11.5. The van der Waals surface area contributed by atoms with Gasteiger partial charge in [0.2, 0.25) is 7.83 Å². The van der Waals surface area contributed by atoms with Crippen molar-refractivity contribution in [1.29, 1.82) is 0 Å². The molecule has 82 valence electrons. The van der Waals surface area contributed by atoms with E-state index in [-0.39, 0.29) is 0 Å². The van der Waals surface area contributed by atoms with Crippen molar-refractivity contribution in [3.8, 4) is 0 Å². The molecule has 0 aliphatic heterocycles. The molecule has 1 fully saturated rings. The van der Waals surface area contributed by atoms with E-state index in [1.807, 2.05) is 6.55 Å². The molecule has 0 amide bonds. The fraction of sp³-hybridized carbons (Fsp3) is 1.00. The topological polar surface area (TPSA) is 37.3 Å². The molecule has 0 heterocycles. The van der Waals surface area contributed by atoms with Crippen LogP contribution in [0.25, 0.3) is 0 Å². The van der Waals surface area contributed by atoms with Crippen LogP contribution < -0.4 is 0 Å². The van der Waals surface area contributed by atoms with Crippen LogP contribution in [0.5, 0.6) is 0 Å². The van der Waals surface area contributed by atoms with Crippen molar-refractivity contribution < 1.29 is 9.26 Å². The minimum absolute atomic E-state index is 0.319. The summed E-state index contributed by atoms with van der Waals surface area (Å²) in [5.74, 6) is 0.638. The normalized spacial score (nSPS) is 25.4. The van der Waals surface area contributed by atoms with E-state index >= 15 is 0 Å². The van der Waals surface area contributed by atoms with Gasteiger partial charge in [-0.2, -0.15) is 0 Å². The van der Waals surface area contributed by atoms with Crippen LogP contribution in [-0.4, -0.2) is 20.8 Å². The minimum atomic E-state index is -2.43. The number of rotatable bonds is 3. The third-order valence-corrected chi connectivity index (χ3v) is 13.3. The molecule has 0 radical (unpaired) electrons. The first kappa shape index (κ1) is 12.3. The summed E-state index contributed by atoms with van der Waals surface area (Å²) in [4.78, 5) is 10.3. The fourth-order valence-corrected chi connectivity index (χ4v) is 6.94. The maximum atomic E-state index is 11.5. The van der Waals surface area contributed by atoms with Crippen molar-refractivity contribution in [3.63, 3.8) is 0 Å². The lowest BCUT2D eigenvalue weighted by Crippen LogP contribution is -2.48. The molecule has 1 saturated carbocycles. The lowest BCUT2D eigenvalue weighted by molar-refractivity contribution is 0.330. The molecule has 2 atom stereocenters. The van der Waals surface area contributed by atoms with Crippen LogP contribution >= 0.6 is 0 Å². The summed E-state index contributed by atoms with van der Waals surface area (Å²) in [5, 5.41) is 0. The second kappa shape index (κ2) is 4.81. The molecule has 2 unspecified atom stereocenters. The van der Waals surface area contributed by atoms with Crippen LogP contribution in [0.2, 0.25) is 18.6 Å². The van der Waals surface area contributed by atoms with Crippen LogP contribution in [0.1, 0.15) is 39.0 Å². The second-order valence-corrected chi connectivity index (χ2v) is 14.4. The molecule has 4 heteroatoms. The summed E-state index contributed by atoms with van der Waals surface area (Å²) in [6.45, 7) is 5.73. The Bertz CT molecular complexity index is 210. The van der Waals surface area contributed by atoms with E-state index in [9.17, 15) is 9.26 Å². The molecule has 0 aromatic carbocycles. The Morgan fingerprint density at radius 1 is 1.36 bits per heavy atom. The average molecular weight is 230 g/mol. The van der Waals surface area contributed by atoms with E-state index in [1.165, 1.54) is 32.1 Å². The highest BCUT2D eigenvalue weighted by molar-refractivity contribution is 7.23. The minimum Gasteiger partial charge on any atom is -0.428 e. The summed E-state index contributed by atoms with van der Waals surface area (Å²) >= 11 is 0. The number of hydrogen-bond donors (Lipinski definition) is 1. The Hall–Kier alpha value is 0.194. The summed E-state index contributed by atoms with van der Waals surface area (Å²) in [6.07, 6.45) is 6.40. The molecule has 1 rings (SSSR count). The molecule has 2 nitrogen and oxygen atoms in total. The summed E-state index contributed by atoms with van der Waals surface area (Å²) in [7, 11) is -4.14. The van der Waals surface area contributed by atoms with Gasteiger partial charge in [0.25, 0.3) is 8.20 Å². The summed E-state index contributed by atoms with van der Waals surface area (Å²) in [5.41, 5.74) is 0.319. The molecule has 0 aromatic rings. The standard InChI is InChI=1S/C10H22O2Si2/c1-9(14(3,12)13(2)11)10-7-5-4-6-8-10/h9-10,12H,4-8H2,1-3H3. The predicted molar refractivity (Wildman–Crippen MR) is 62.1 cm³/mol. The molecule has 0 aromatic heterocycles. The van der Waals surface area contributed by atoms with E-state index in [2.05, 4.69) is 6.92 Å². The molecular weight excluding hydrogens is 208 g/mol. The van der Waals surface area contributed by atoms with Crippen molar-refractivity contribution in [2.45, 2.75) is 57.7 Å². The van der Waals surface area contributed by atoms with Crippen molar-refractivity contribution in [3.05, 3.63) is 0 Å². The van der Waals surface area contributed by atoms with Crippen LogP contribution in [0.3, 0.4) is 0 Å². The van der Waals surface area contributed by atoms with Crippen LogP contribution in [0, 0.1) is 5.92 Å². The quantitative estimate of drug-likeness (QED) is 0.757. The molecule has 0 bridgehead atoms. The highest BCUT2D eigenvalue weighted by Gasteiger charge is 2.42. The van der Waals surface area contributed by atoms with Crippen LogP contribution in [0.4, 0.5) is 0 Å². The van der Waals surface area contributed by atoms with Gasteiger partial charge in [-0.3, -0.25) is 0 Å². The van der Waals surface area contributed by atoms with E-state index in [0.29, 0.717) is 11.5 Å². The lowest BCUT2D eigenvalue weighted by Gasteiger charge is -2.34. The molecular formula is C10H22O2Si2. The van der Waals surface area contributed by atoms with Gasteiger partial charge in [0.05, 0.1) is 0 Å². The SMILES string of the molecule is CC(C1CCCCC1)[Si](C)(O)[Si](C)=O. The zero-order valence-electron chi connectivity index (χ0n) is 9.55. The van der Waals surface area contributed by atoms with Gasteiger partial charge in [0.1, 0.15) is 0 Å². The maximum absolute atomic E-state index is 11.5.